The molecule has 0 bridgehead atoms. The van der Waals surface area contributed by atoms with Crippen LogP contribution in [0.1, 0.15) is 38.5 Å². The van der Waals surface area contributed by atoms with Gasteiger partial charge in [0.1, 0.15) is 17.2 Å². The van der Waals surface area contributed by atoms with Gasteiger partial charge < -0.3 is 14.4 Å². The fraction of sp³-hybridized carbons (Fsp3) is 0.409. The van der Waals surface area contributed by atoms with Crippen LogP contribution >= 0.6 is 0 Å². The van der Waals surface area contributed by atoms with Crippen molar-refractivity contribution in [1.29, 1.82) is 0 Å². The lowest BCUT2D eigenvalue weighted by molar-refractivity contribution is 0.0965. The summed E-state index contributed by atoms with van der Waals surface area (Å²) in [5.74, 6) is 2.06. The van der Waals surface area contributed by atoms with Crippen molar-refractivity contribution in [1.82, 2.24) is 4.90 Å². The zero-order valence-electron chi connectivity index (χ0n) is 15.0. The molecule has 1 aliphatic heterocycles. The molecule has 136 valence electrons. The smallest absolute Gasteiger partial charge is 0.415 e. The highest BCUT2D eigenvalue weighted by Gasteiger charge is 2.38. The molecular weight excluding hydrogens is 326 g/mol. The number of carbonyl (C=O) groups excluding carboxylic acids is 1. The maximum Gasteiger partial charge on any atom is 0.415 e. The first kappa shape index (κ1) is 17.0. The van der Waals surface area contributed by atoms with Crippen molar-refractivity contribution in [3.05, 3.63) is 54.6 Å². The van der Waals surface area contributed by atoms with Crippen LogP contribution in [-0.4, -0.2) is 24.1 Å². The molecule has 4 heteroatoms. The number of rotatable bonds is 3. The van der Waals surface area contributed by atoms with Crippen LogP contribution in [0.4, 0.5) is 4.79 Å². The van der Waals surface area contributed by atoms with Crippen molar-refractivity contribution in [2.75, 3.05) is 13.1 Å². The van der Waals surface area contributed by atoms with E-state index in [1.165, 1.54) is 25.7 Å². The van der Waals surface area contributed by atoms with E-state index in [0.717, 1.165) is 37.4 Å². The molecule has 2 fully saturated rings. The van der Waals surface area contributed by atoms with Gasteiger partial charge in [-0.25, -0.2) is 4.79 Å². The summed E-state index contributed by atoms with van der Waals surface area (Å²) in [5, 5.41) is 0. The standard InChI is InChI=1S/C22H25NO3/c24-21(23-16-14-22(15-17-23)12-4-5-13-22)26-20-10-8-19(9-11-20)25-18-6-2-1-3-7-18/h1-3,6-11H,4-5,12-17H2. The van der Waals surface area contributed by atoms with Gasteiger partial charge in [-0.1, -0.05) is 31.0 Å². The Morgan fingerprint density at radius 1 is 0.769 bits per heavy atom. The summed E-state index contributed by atoms with van der Waals surface area (Å²) in [7, 11) is 0. The van der Waals surface area contributed by atoms with Gasteiger partial charge in [0.25, 0.3) is 0 Å². The molecule has 0 N–H and O–H groups in total. The average Bonchev–Trinajstić information content (AvgIpc) is 3.13. The Hall–Kier alpha value is -2.49. The van der Waals surface area contributed by atoms with Gasteiger partial charge in [-0.15, -0.1) is 0 Å². The van der Waals surface area contributed by atoms with E-state index < -0.39 is 0 Å². The fourth-order valence-electron chi connectivity index (χ4n) is 4.15. The van der Waals surface area contributed by atoms with Crippen LogP contribution in [-0.2, 0) is 0 Å². The minimum absolute atomic E-state index is 0.241. The number of carbonyl (C=O) groups is 1. The summed E-state index contributed by atoms with van der Waals surface area (Å²) < 4.78 is 11.3. The third kappa shape index (κ3) is 3.85. The second-order valence-electron chi connectivity index (χ2n) is 7.45. The summed E-state index contributed by atoms with van der Waals surface area (Å²) in [6.07, 6.45) is 7.36. The number of nitrogens with zero attached hydrogens (tertiary/aromatic N) is 1. The molecule has 26 heavy (non-hydrogen) atoms. The molecule has 4 rings (SSSR count). The molecule has 0 aromatic heterocycles. The van der Waals surface area contributed by atoms with Gasteiger partial charge in [0.15, 0.2) is 0 Å². The Kier molecular flexibility index (Phi) is 4.83. The topological polar surface area (TPSA) is 38.8 Å². The molecule has 4 nitrogen and oxygen atoms in total. The summed E-state index contributed by atoms with van der Waals surface area (Å²) >= 11 is 0. The van der Waals surface area contributed by atoms with Gasteiger partial charge >= 0.3 is 6.09 Å². The maximum atomic E-state index is 12.4. The van der Waals surface area contributed by atoms with E-state index >= 15 is 0 Å². The van der Waals surface area contributed by atoms with Gasteiger partial charge in [0, 0.05) is 13.1 Å². The number of amides is 1. The van der Waals surface area contributed by atoms with Crippen molar-refractivity contribution in [3.63, 3.8) is 0 Å². The van der Waals surface area contributed by atoms with E-state index in [1.807, 2.05) is 47.4 Å². The minimum atomic E-state index is -0.241. The van der Waals surface area contributed by atoms with Gasteiger partial charge in [-0.3, -0.25) is 0 Å². The lowest BCUT2D eigenvalue weighted by atomic mass is 9.77. The number of para-hydroxylation sites is 1. The predicted molar refractivity (Wildman–Crippen MR) is 101 cm³/mol. The molecule has 1 aliphatic carbocycles. The van der Waals surface area contributed by atoms with Crippen LogP contribution < -0.4 is 9.47 Å². The number of hydrogen-bond acceptors (Lipinski definition) is 3. The summed E-state index contributed by atoms with van der Waals surface area (Å²) in [5.41, 5.74) is 0.507. The van der Waals surface area contributed by atoms with E-state index in [4.69, 9.17) is 9.47 Å². The van der Waals surface area contributed by atoms with Gasteiger partial charge in [-0.2, -0.15) is 0 Å². The van der Waals surface area contributed by atoms with E-state index in [0.29, 0.717) is 11.2 Å². The number of benzene rings is 2. The molecule has 1 spiro atoms. The lowest BCUT2D eigenvalue weighted by Crippen LogP contribution is -2.43. The molecule has 1 saturated carbocycles. The Morgan fingerprint density at radius 2 is 1.35 bits per heavy atom. The molecular formula is C22H25NO3. The molecule has 1 amide bonds. The first-order valence-corrected chi connectivity index (χ1v) is 9.52. The van der Waals surface area contributed by atoms with Crippen molar-refractivity contribution in [2.24, 2.45) is 5.41 Å². The normalized spacial score (nSPS) is 18.7. The summed E-state index contributed by atoms with van der Waals surface area (Å²) in [4.78, 5) is 14.3. The van der Waals surface area contributed by atoms with Crippen LogP contribution in [0.2, 0.25) is 0 Å². The second-order valence-corrected chi connectivity index (χ2v) is 7.45. The number of hydrogen-bond donors (Lipinski definition) is 0. The number of likely N-dealkylation sites (tertiary alicyclic amines) is 1. The van der Waals surface area contributed by atoms with E-state index in [2.05, 4.69) is 0 Å². The number of ether oxygens (including phenoxy) is 2. The number of piperidine rings is 1. The van der Waals surface area contributed by atoms with Crippen molar-refractivity contribution in [2.45, 2.75) is 38.5 Å². The summed E-state index contributed by atoms with van der Waals surface area (Å²) in [6, 6.07) is 16.8. The second kappa shape index (κ2) is 7.40. The molecule has 2 aliphatic rings. The van der Waals surface area contributed by atoms with Gasteiger partial charge in [0.2, 0.25) is 0 Å². The summed E-state index contributed by atoms with van der Waals surface area (Å²) in [6.45, 7) is 1.63. The molecule has 0 radical (unpaired) electrons. The first-order valence-electron chi connectivity index (χ1n) is 9.52. The molecule has 1 saturated heterocycles. The van der Waals surface area contributed by atoms with Gasteiger partial charge in [0.05, 0.1) is 0 Å². The highest BCUT2D eigenvalue weighted by atomic mass is 16.6. The van der Waals surface area contributed by atoms with Gasteiger partial charge in [-0.05, 0) is 67.5 Å². The van der Waals surface area contributed by atoms with Crippen LogP contribution in [0.25, 0.3) is 0 Å². The van der Waals surface area contributed by atoms with E-state index in [-0.39, 0.29) is 6.09 Å². The lowest BCUT2D eigenvalue weighted by Gasteiger charge is -2.38. The van der Waals surface area contributed by atoms with E-state index in [1.54, 1.807) is 12.1 Å². The maximum absolute atomic E-state index is 12.4. The highest BCUT2D eigenvalue weighted by molar-refractivity contribution is 5.70. The van der Waals surface area contributed by atoms with Crippen LogP contribution in [0.5, 0.6) is 17.2 Å². The van der Waals surface area contributed by atoms with Crippen molar-refractivity contribution >= 4 is 6.09 Å². The Bertz CT molecular complexity index is 726. The van der Waals surface area contributed by atoms with Crippen LogP contribution in [0.3, 0.4) is 0 Å². The average molecular weight is 351 g/mol. The SMILES string of the molecule is O=C(Oc1ccc(Oc2ccccc2)cc1)N1CCC2(CCCC2)CC1. The fourth-order valence-corrected chi connectivity index (χ4v) is 4.15. The van der Waals surface area contributed by atoms with Crippen molar-refractivity contribution in [3.8, 4) is 17.2 Å². The molecule has 2 aromatic rings. The third-order valence-electron chi connectivity index (χ3n) is 5.75. The highest BCUT2D eigenvalue weighted by Crippen LogP contribution is 2.46. The third-order valence-corrected chi connectivity index (χ3v) is 5.75. The first-order chi connectivity index (χ1) is 12.7. The van der Waals surface area contributed by atoms with Crippen molar-refractivity contribution < 1.29 is 14.3 Å². The predicted octanol–water partition coefficient (Wildman–Crippen LogP) is 5.63. The van der Waals surface area contributed by atoms with Crippen LogP contribution in [0.15, 0.2) is 54.6 Å². The minimum Gasteiger partial charge on any atom is -0.457 e. The largest absolute Gasteiger partial charge is 0.457 e. The van der Waals surface area contributed by atoms with E-state index in [9.17, 15) is 4.79 Å². The molecule has 0 unspecified atom stereocenters. The molecule has 2 aromatic carbocycles. The Balaban J connectivity index is 1.30. The van der Waals surface area contributed by atoms with Crippen LogP contribution in [0, 0.1) is 5.41 Å². The zero-order valence-corrected chi connectivity index (χ0v) is 15.0. The molecule has 1 heterocycles. The Morgan fingerprint density at radius 3 is 2.00 bits per heavy atom. The zero-order chi connectivity index (χ0) is 17.8. The quantitative estimate of drug-likeness (QED) is 0.719. The monoisotopic (exact) mass is 351 g/mol. The molecule has 0 atom stereocenters. The Labute approximate surface area is 154 Å².